The Morgan fingerprint density at radius 3 is 2.66 bits per heavy atom. The Hall–Kier alpha value is -3.10. The first-order valence-corrected chi connectivity index (χ1v) is 9.29. The van der Waals surface area contributed by atoms with Gasteiger partial charge in [0.1, 0.15) is 12.1 Å². The van der Waals surface area contributed by atoms with Crippen LogP contribution in [0.1, 0.15) is 30.2 Å². The molecule has 4 rings (SSSR count). The molecule has 1 aromatic carbocycles. The molecule has 0 saturated heterocycles. The molecule has 1 N–H and O–H groups in total. The van der Waals surface area contributed by atoms with Crippen molar-refractivity contribution in [2.24, 2.45) is 5.92 Å². The number of anilines is 1. The predicted octanol–water partition coefficient (Wildman–Crippen LogP) is 3.28. The van der Waals surface area contributed by atoms with Gasteiger partial charge in [-0.2, -0.15) is 18.3 Å². The van der Waals surface area contributed by atoms with Crippen LogP contribution < -0.4 is 10.9 Å². The van der Waals surface area contributed by atoms with Gasteiger partial charge in [-0.15, -0.1) is 0 Å². The molecule has 0 bridgehead atoms. The van der Waals surface area contributed by atoms with Crippen molar-refractivity contribution >= 4 is 17.1 Å². The number of nitrogens with one attached hydrogen (secondary N) is 1. The van der Waals surface area contributed by atoms with E-state index < -0.39 is 17.6 Å². The third kappa shape index (κ3) is 3.76. The van der Waals surface area contributed by atoms with Crippen molar-refractivity contribution in [1.29, 1.82) is 0 Å². The number of aryl methyl sites for hydroxylation is 1. The van der Waals surface area contributed by atoms with Crippen LogP contribution in [0.15, 0.2) is 41.5 Å². The number of hydrogen-bond donors (Lipinski definition) is 1. The average molecular weight is 404 g/mol. The molecule has 1 aliphatic carbocycles. The number of alkyl halides is 3. The summed E-state index contributed by atoms with van der Waals surface area (Å²) in [5.74, 6) is -0.0375. The number of benzene rings is 1. The van der Waals surface area contributed by atoms with E-state index in [0.717, 1.165) is 42.7 Å². The highest BCUT2D eigenvalue weighted by molar-refractivity contribution is 5.90. The number of rotatable bonds is 3. The fraction of sp³-hybridized carbons (Fsp3) is 0.350. The minimum Gasteiger partial charge on any atom is -0.325 e. The zero-order valence-electron chi connectivity index (χ0n) is 15.7. The van der Waals surface area contributed by atoms with Crippen molar-refractivity contribution in [3.8, 4) is 0 Å². The SMILES string of the molecule is CC1CCc2nn3ccn(CC(=O)Nc4ccc(C(F)(F)F)cc4)c(=O)c3c2C1. The maximum Gasteiger partial charge on any atom is 0.416 e. The Morgan fingerprint density at radius 1 is 1.24 bits per heavy atom. The topological polar surface area (TPSA) is 68.4 Å². The summed E-state index contributed by atoms with van der Waals surface area (Å²) in [7, 11) is 0. The minimum absolute atomic E-state index is 0.229. The van der Waals surface area contributed by atoms with Crippen LogP contribution in [0.3, 0.4) is 0 Å². The fourth-order valence-corrected chi connectivity index (χ4v) is 3.67. The molecule has 2 heterocycles. The summed E-state index contributed by atoms with van der Waals surface area (Å²) in [5.41, 5.74) is 1.47. The molecule has 2 aromatic heterocycles. The van der Waals surface area contributed by atoms with Gasteiger partial charge in [0.2, 0.25) is 5.91 Å². The van der Waals surface area contributed by atoms with E-state index in [-0.39, 0.29) is 17.8 Å². The second-order valence-corrected chi connectivity index (χ2v) is 7.42. The van der Waals surface area contributed by atoms with Crippen molar-refractivity contribution in [1.82, 2.24) is 14.2 Å². The maximum absolute atomic E-state index is 12.9. The summed E-state index contributed by atoms with van der Waals surface area (Å²) >= 11 is 0. The molecule has 1 unspecified atom stereocenters. The van der Waals surface area contributed by atoms with Crippen LogP contribution in [-0.2, 0) is 30.4 Å². The molecular weight excluding hydrogens is 385 g/mol. The summed E-state index contributed by atoms with van der Waals surface area (Å²) in [5, 5.41) is 6.99. The molecule has 0 spiro atoms. The number of hydrogen-bond acceptors (Lipinski definition) is 3. The summed E-state index contributed by atoms with van der Waals surface area (Å²) in [6.45, 7) is 1.89. The average Bonchev–Trinajstić information content (AvgIpc) is 3.02. The van der Waals surface area contributed by atoms with Gasteiger partial charge in [0.15, 0.2) is 0 Å². The number of halogens is 3. The zero-order valence-corrected chi connectivity index (χ0v) is 15.7. The summed E-state index contributed by atoms with van der Waals surface area (Å²) in [6.07, 6.45) is 1.32. The van der Waals surface area contributed by atoms with Crippen molar-refractivity contribution in [2.75, 3.05) is 5.32 Å². The van der Waals surface area contributed by atoms with Crippen LogP contribution in [0.25, 0.3) is 5.52 Å². The molecule has 3 aromatic rings. The summed E-state index contributed by atoms with van der Waals surface area (Å²) < 4.78 is 40.7. The van der Waals surface area contributed by atoms with Crippen molar-refractivity contribution in [3.05, 3.63) is 63.8 Å². The van der Waals surface area contributed by atoms with Gasteiger partial charge in [0.25, 0.3) is 5.56 Å². The van der Waals surface area contributed by atoms with Crippen molar-refractivity contribution < 1.29 is 18.0 Å². The van der Waals surface area contributed by atoms with E-state index in [1.54, 1.807) is 10.7 Å². The minimum atomic E-state index is -4.44. The Balaban J connectivity index is 1.55. The maximum atomic E-state index is 12.9. The monoisotopic (exact) mass is 404 g/mol. The Labute approximate surface area is 164 Å². The Morgan fingerprint density at radius 2 is 1.97 bits per heavy atom. The second-order valence-electron chi connectivity index (χ2n) is 7.42. The van der Waals surface area contributed by atoms with Gasteiger partial charge in [-0.3, -0.25) is 9.59 Å². The molecule has 29 heavy (non-hydrogen) atoms. The normalized spacial score (nSPS) is 16.6. The number of aromatic nitrogens is 3. The first kappa shape index (κ1) is 19.2. The lowest BCUT2D eigenvalue weighted by Gasteiger charge is -2.16. The van der Waals surface area contributed by atoms with E-state index >= 15 is 0 Å². The third-order valence-electron chi connectivity index (χ3n) is 5.18. The molecular formula is C20H19F3N4O2. The van der Waals surface area contributed by atoms with E-state index in [2.05, 4.69) is 17.3 Å². The molecule has 9 heteroatoms. The van der Waals surface area contributed by atoms with Gasteiger partial charge >= 0.3 is 6.18 Å². The standard InChI is InChI=1S/C20H19F3N4O2/c1-12-2-7-16-15(10-12)18-19(29)26(8-9-27(18)25-16)11-17(28)24-14-5-3-13(4-6-14)20(21,22)23/h3-6,8-9,12H,2,7,10-11H2,1H3,(H,24,28). The molecule has 6 nitrogen and oxygen atoms in total. The van der Waals surface area contributed by atoms with E-state index in [9.17, 15) is 22.8 Å². The molecule has 0 aliphatic heterocycles. The third-order valence-corrected chi connectivity index (χ3v) is 5.18. The first-order chi connectivity index (χ1) is 13.7. The van der Waals surface area contributed by atoms with Gasteiger partial charge in [-0.25, -0.2) is 4.52 Å². The van der Waals surface area contributed by atoms with Crippen molar-refractivity contribution in [3.63, 3.8) is 0 Å². The van der Waals surface area contributed by atoms with Gasteiger partial charge in [-0.05, 0) is 49.4 Å². The number of nitrogens with zero attached hydrogens (tertiary/aromatic N) is 3. The lowest BCUT2D eigenvalue weighted by atomic mass is 9.88. The Bertz CT molecular complexity index is 1130. The first-order valence-electron chi connectivity index (χ1n) is 9.29. The van der Waals surface area contributed by atoms with Crippen LogP contribution in [-0.4, -0.2) is 20.1 Å². The highest BCUT2D eigenvalue weighted by atomic mass is 19.4. The molecule has 1 amide bonds. The lowest BCUT2D eigenvalue weighted by molar-refractivity contribution is -0.137. The zero-order chi connectivity index (χ0) is 20.8. The molecule has 0 saturated carbocycles. The Kier molecular flexibility index (Phi) is 4.68. The number of carbonyl (C=O) groups excluding carboxylic acids is 1. The van der Waals surface area contributed by atoms with Gasteiger partial charge < -0.3 is 9.88 Å². The van der Waals surface area contributed by atoms with Crippen LogP contribution in [0.4, 0.5) is 18.9 Å². The predicted molar refractivity (Wildman–Crippen MR) is 101 cm³/mol. The van der Waals surface area contributed by atoms with Gasteiger partial charge in [-0.1, -0.05) is 6.92 Å². The number of amides is 1. The molecule has 1 atom stereocenters. The van der Waals surface area contributed by atoms with E-state index in [0.29, 0.717) is 11.4 Å². The van der Waals surface area contributed by atoms with Crippen molar-refractivity contribution in [2.45, 2.75) is 38.9 Å². The lowest BCUT2D eigenvalue weighted by Crippen LogP contribution is -2.28. The van der Waals surface area contributed by atoms with Crippen LogP contribution in [0.5, 0.6) is 0 Å². The van der Waals surface area contributed by atoms with Crippen LogP contribution in [0.2, 0.25) is 0 Å². The highest BCUT2D eigenvalue weighted by Gasteiger charge is 2.30. The molecule has 1 aliphatic rings. The second kappa shape index (κ2) is 7.06. The van der Waals surface area contributed by atoms with Gasteiger partial charge in [0.05, 0.1) is 11.3 Å². The van der Waals surface area contributed by atoms with Gasteiger partial charge in [0, 0.05) is 23.6 Å². The van der Waals surface area contributed by atoms with E-state index in [1.807, 2.05) is 0 Å². The quantitative estimate of drug-likeness (QED) is 0.729. The van der Waals surface area contributed by atoms with Crippen LogP contribution in [0, 0.1) is 5.92 Å². The van der Waals surface area contributed by atoms with Crippen LogP contribution >= 0.6 is 0 Å². The van der Waals surface area contributed by atoms with E-state index in [4.69, 9.17) is 0 Å². The highest BCUT2D eigenvalue weighted by Crippen LogP contribution is 2.30. The summed E-state index contributed by atoms with van der Waals surface area (Å²) in [4.78, 5) is 25.2. The van der Waals surface area contributed by atoms with E-state index in [1.165, 1.54) is 22.9 Å². The number of carbonyl (C=O) groups is 1. The molecule has 0 radical (unpaired) electrons. The fourth-order valence-electron chi connectivity index (χ4n) is 3.67. The largest absolute Gasteiger partial charge is 0.416 e. The molecule has 152 valence electrons. The molecule has 0 fully saturated rings. The smallest absolute Gasteiger partial charge is 0.325 e. The summed E-state index contributed by atoms with van der Waals surface area (Å²) in [6, 6.07) is 4.16. The number of fused-ring (bicyclic) bond motifs is 3.